The van der Waals surface area contributed by atoms with E-state index in [0.29, 0.717) is 11.9 Å². The van der Waals surface area contributed by atoms with Gasteiger partial charge in [0.15, 0.2) is 0 Å². The van der Waals surface area contributed by atoms with E-state index in [1.807, 2.05) is 11.3 Å². The fraction of sp³-hybridized carbons (Fsp3) is 0.0714. The zero-order chi connectivity index (χ0) is 40.0. The third-order valence-corrected chi connectivity index (χ3v) is 14.2. The standard InChI is InChI=1S/C56H38N4S/c1-4-15-36(16-5-1)52-34-46-51(61-52)31-30-47-53(46)54(37-17-6-2-7-18-37)58-56(57-47)60-50-33-39(26-28-44(50)45-29-24-35-14-10-11-21-41(35)55(45)60)38-25-27-43-42-22-12-13-23-48(42)59(49(43)32-38)40-19-8-3-9-20-40/h1-17,19-34,37,42,48H,18H2. The third-order valence-electron chi connectivity index (χ3n) is 13.0. The minimum atomic E-state index is 0.118. The van der Waals surface area contributed by atoms with Crippen LogP contribution in [0.3, 0.4) is 0 Å². The van der Waals surface area contributed by atoms with Crippen molar-refractivity contribution < 1.29 is 0 Å². The average molecular weight is 799 g/mol. The fourth-order valence-corrected chi connectivity index (χ4v) is 11.3. The van der Waals surface area contributed by atoms with Crippen molar-refractivity contribution in [3.8, 4) is 27.5 Å². The van der Waals surface area contributed by atoms with Gasteiger partial charge in [-0.15, -0.1) is 11.3 Å². The molecule has 2 aliphatic carbocycles. The van der Waals surface area contributed by atoms with Gasteiger partial charge >= 0.3 is 0 Å². The first-order valence-corrected chi connectivity index (χ1v) is 22.0. The first-order valence-electron chi connectivity index (χ1n) is 21.2. The Morgan fingerprint density at radius 1 is 0.574 bits per heavy atom. The van der Waals surface area contributed by atoms with Gasteiger partial charge in [-0.2, -0.15) is 0 Å². The first kappa shape index (κ1) is 34.5. The summed E-state index contributed by atoms with van der Waals surface area (Å²) in [6.07, 6.45) is 18.8. The Hall–Kier alpha value is -7.34. The van der Waals surface area contributed by atoms with E-state index in [9.17, 15) is 0 Å². The molecule has 1 aliphatic heterocycles. The van der Waals surface area contributed by atoms with Crippen LogP contribution >= 0.6 is 11.3 Å². The molecule has 0 N–H and O–H groups in total. The van der Waals surface area contributed by atoms with Crippen molar-refractivity contribution in [2.75, 3.05) is 4.90 Å². The summed E-state index contributed by atoms with van der Waals surface area (Å²) in [4.78, 5) is 15.0. The van der Waals surface area contributed by atoms with Gasteiger partial charge in [-0.1, -0.05) is 158 Å². The van der Waals surface area contributed by atoms with Crippen LogP contribution in [0.25, 0.3) is 81.1 Å². The quantitative estimate of drug-likeness (QED) is 0.174. The maximum absolute atomic E-state index is 5.69. The summed E-state index contributed by atoms with van der Waals surface area (Å²) < 4.78 is 3.60. The second-order valence-electron chi connectivity index (χ2n) is 16.4. The summed E-state index contributed by atoms with van der Waals surface area (Å²) in [6.45, 7) is 0. The molecule has 3 aromatic heterocycles. The molecule has 3 aliphatic rings. The largest absolute Gasteiger partial charge is 0.333 e. The van der Waals surface area contributed by atoms with Crippen LogP contribution in [-0.4, -0.2) is 20.6 Å². The molecule has 0 fully saturated rings. The number of fused-ring (bicyclic) bond motifs is 11. The smallest absolute Gasteiger partial charge is 0.235 e. The van der Waals surface area contributed by atoms with Crippen LogP contribution in [0.4, 0.5) is 11.4 Å². The summed E-state index contributed by atoms with van der Waals surface area (Å²) in [5.74, 6) is 1.12. The van der Waals surface area contributed by atoms with E-state index in [2.05, 4.69) is 210 Å². The minimum Gasteiger partial charge on any atom is -0.333 e. The minimum absolute atomic E-state index is 0.118. The molecule has 3 unspecified atom stereocenters. The third kappa shape index (κ3) is 5.37. The lowest BCUT2D eigenvalue weighted by Crippen LogP contribution is -2.28. The Morgan fingerprint density at radius 3 is 2.25 bits per heavy atom. The van der Waals surface area contributed by atoms with Crippen molar-refractivity contribution in [3.05, 3.63) is 212 Å². The van der Waals surface area contributed by atoms with E-state index < -0.39 is 0 Å². The molecular formula is C56H38N4S. The maximum atomic E-state index is 5.69. The van der Waals surface area contributed by atoms with Gasteiger partial charge < -0.3 is 4.90 Å². The molecule has 4 nitrogen and oxygen atoms in total. The molecule has 13 rings (SSSR count). The lowest BCUT2D eigenvalue weighted by molar-refractivity contribution is 0.745. The lowest BCUT2D eigenvalue weighted by atomic mass is 9.90. The molecule has 288 valence electrons. The number of para-hydroxylation sites is 1. The molecule has 0 saturated heterocycles. The van der Waals surface area contributed by atoms with E-state index in [4.69, 9.17) is 9.97 Å². The van der Waals surface area contributed by atoms with Gasteiger partial charge in [0, 0.05) is 59.7 Å². The summed E-state index contributed by atoms with van der Waals surface area (Å²) in [6, 6.07) is 55.8. The Labute approximate surface area is 357 Å². The van der Waals surface area contributed by atoms with E-state index in [1.165, 1.54) is 64.6 Å². The number of anilines is 2. The highest BCUT2D eigenvalue weighted by Gasteiger charge is 2.37. The fourth-order valence-electron chi connectivity index (χ4n) is 10.2. The van der Waals surface area contributed by atoms with Gasteiger partial charge in [0.2, 0.25) is 5.95 Å². The maximum Gasteiger partial charge on any atom is 0.235 e. The summed E-state index contributed by atoms with van der Waals surface area (Å²) >= 11 is 1.84. The zero-order valence-corrected chi connectivity index (χ0v) is 34.0. The van der Waals surface area contributed by atoms with Gasteiger partial charge in [0.05, 0.1) is 28.3 Å². The molecule has 61 heavy (non-hydrogen) atoms. The number of thiophene rings is 1. The average Bonchev–Trinajstić information content (AvgIpc) is 4.02. The van der Waals surface area contributed by atoms with Crippen LogP contribution in [0.5, 0.6) is 0 Å². The predicted molar refractivity (Wildman–Crippen MR) is 257 cm³/mol. The van der Waals surface area contributed by atoms with Crippen molar-refractivity contribution in [1.29, 1.82) is 0 Å². The van der Waals surface area contributed by atoms with Crippen LogP contribution in [0.2, 0.25) is 0 Å². The summed E-state index contributed by atoms with van der Waals surface area (Å²) in [5, 5.41) is 7.11. The number of nitrogens with zero attached hydrogens (tertiary/aromatic N) is 4. The Bertz CT molecular complexity index is 3530. The van der Waals surface area contributed by atoms with Crippen molar-refractivity contribution >= 4 is 76.3 Å². The highest BCUT2D eigenvalue weighted by atomic mass is 32.1. The molecule has 0 bridgehead atoms. The van der Waals surface area contributed by atoms with Gasteiger partial charge in [-0.25, -0.2) is 9.97 Å². The number of allylic oxidation sites excluding steroid dienone is 6. The molecule has 0 saturated carbocycles. The normalized spacial score (nSPS) is 18.0. The Morgan fingerprint density at radius 2 is 1.36 bits per heavy atom. The van der Waals surface area contributed by atoms with Gasteiger partial charge in [-0.05, 0) is 76.5 Å². The zero-order valence-electron chi connectivity index (χ0n) is 33.2. The first-order chi connectivity index (χ1) is 30.2. The monoisotopic (exact) mass is 798 g/mol. The second kappa shape index (κ2) is 13.6. The molecule has 0 spiro atoms. The van der Waals surface area contributed by atoms with Gasteiger partial charge in [0.25, 0.3) is 0 Å². The van der Waals surface area contributed by atoms with E-state index in [0.717, 1.165) is 39.6 Å². The van der Waals surface area contributed by atoms with E-state index in [-0.39, 0.29) is 12.0 Å². The number of aromatic nitrogens is 3. The molecule has 0 radical (unpaired) electrons. The van der Waals surface area contributed by atoms with E-state index in [1.54, 1.807) is 0 Å². The summed E-state index contributed by atoms with van der Waals surface area (Å²) in [7, 11) is 0. The molecule has 0 amide bonds. The van der Waals surface area contributed by atoms with Crippen LogP contribution in [-0.2, 0) is 0 Å². The van der Waals surface area contributed by atoms with Gasteiger partial charge in [-0.3, -0.25) is 4.57 Å². The predicted octanol–water partition coefficient (Wildman–Crippen LogP) is 14.8. The number of rotatable bonds is 5. The number of benzene rings is 7. The highest BCUT2D eigenvalue weighted by molar-refractivity contribution is 7.22. The van der Waals surface area contributed by atoms with Crippen LogP contribution in [0.1, 0.15) is 29.5 Å². The molecule has 10 aromatic rings. The number of hydrogen-bond acceptors (Lipinski definition) is 4. The molecule has 4 heterocycles. The topological polar surface area (TPSA) is 34.0 Å². The van der Waals surface area contributed by atoms with Crippen molar-refractivity contribution in [1.82, 2.24) is 14.5 Å². The van der Waals surface area contributed by atoms with Crippen LogP contribution in [0, 0.1) is 0 Å². The van der Waals surface area contributed by atoms with Gasteiger partial charge in [0.1, 0.15) is 0 Å². The number of hydrogen-bond donors (Lipinski definition) is 0. The Balaban J connectivity index is 1.05. The van der Waals surface area contributed by atoms with Crippen LogP contribution < -0.4 is 4.90 Å². The van der Waals surface area contributed by atoms with Crippen molar-refractivity contribution in [2.45, 2.75) is 24.3 Å². The Kier molecular flexibility index (Phi) is 7.69. The highest BCUT2D eigenvalue weighted by Crippen LogP contribution is 2.49. The van der Waals surface area contributed by atoms with Crippen molar-refractivity contribution in [3.63, 3.8) is 0 Å². The molecular weight excluding hydrogens is 761 g/mol. The van der Waals surface area contributed by atoms with Crippen molar-refractivity contribution in [2.24, 2.45) is 0 Å². The lowest BCUT2D eigenvalue weighted by Gasteiger charge is -2.28. The SMILES string of the molecule is C1=CCC(c2nc(-n3c4cc(-c5ccc6c(c5)N(c5ccccc5)C5C=CC=CC65)ccc4c4ccc5ccccc5c43)nc3ccc4sc(-c5ccccc5)cc4c23)C=C1. The second-order valence-corrected chi connectivity index (χ2v) is 17.5. The van der Waals surface area contributed by atoms with Crippen LogP contribution in [0.15, 0.2) is 200 Å². The molecule has 5 heteroatoms. The van der Waals surface area contributed by atoms with E-state index >= 15 is 0 Å². The molecule has 3 atom stereocenters. The molecule has 7 aromatic carbocycles. The summed E-state index contributed by atoms with van der Waals surface area (Å²) in [5.41, 5.74) is 11.7.